The summed E-state index contributed by atoms with van der Waals surface area (Å²) >= 11 is 0. The van der Waals surface area contributed by atoms with Crippen LogP contribution in [-0.4, -0.2) is 36.5 Å². The lowest BCUT2D eigenvalue weighted by Gasteiger charge is -2.35. The van der Waals surface area contributed by atoms with Gasteiger partial charge < -0.3 is 10.6 Å². The quantitative estimate of drug-likeness (QED) is 0.604. The first kappa shape index (κ1) is 13.6. The SMILES string of the molecule is N=C(N)CC1(CN2CCCC(C(F)(F)F)C2)CC1. The molecule has 0 bridgehead atoms. The number of alkyl halides is 3. The number of likely N-dealkylation sites (tertiary alicyclic amines) is 1. The third kappa shape index (κ3) is 3.37. The predicted octanol–water partition coefficient (Wildman–Crippen LogP) is 2.37. The van der Waals surface area contributed by atoms with Gasteiger partial charge in [0.15, 0.2) is 0 Å². The summed E-state index contributed by atoms with van der Waals surface area (Å²) in [6, 6.07) is 0. The highest BCUT2D eigenvalue weighted by Gasteiger charge is 2.47. The summed E-state index contributed by atoms with van der Waals surface area (Å²) in [4.78, 5) is 1.91. The van der Waals surface area contributed by atoms with Crippen molar-refractivity contribution in [3.63, 3.8) is 0 Å². The average Bonchev–Trinajstić information content (AvgIpc) is 2.95. The molecule has 1 atom stereocenters. The summed E-state index contributed by atoms with van der Waals surface area (Å²) in [5.74, 6) is -1.03. The second kappa shape index (κ2) is 4.72. The van der Waals surface area contributed by atoms with E-state index in [1.54, 1.807) is 0 Å². The van der Waals surface area contributed by atoms with Crippen molar-refractivity contribution in [1.29, 1.82) is 5.41 Å². The number of nitrogens with zero attached hydrogens (tertiary/aromatic N) is 1. The van der Waals surface area contributed by atoms with E-state index in [1.165, 1.54) is 0 Å². The Labute approximate surface area is 105 Å². The molecule has 18 heavy (non-hydrogen) atoms. The second-order valence-corrected chi connectivity index (χ2v) is 5.82. The number of hydrogen-bond acceptors (Lipinski definition) is 2. The molecule has 0 aromatic heterocycles. The van der Waals surface area contributed by atoms with Crippen molar-refractivity contribution in [2.45, 2.75) is 38.3 Å². The molecule has 2 rings (SSSR count). The van der Waals surface area contributed by atoms with Crippen LogP contribution in [-0.2, 0) is 0 Å². The number of amidine groups is 1. The van der Waals surface area contributed by atoms with Crippen molar-refractivity contribution in [3.8, 4) is 0 Å². The normalized spacial score (nSPS) is 28.1. The Kier molecular flexibility index (Phi) is 3.58. The third-order valence-electron chi connectivity index (χ3n) is 4.05. The van der Waals surface area contributed by atoms with E-state index < -0.39 is 12.1 Å². The fourth-order valence-corrected chi connectivity index (χ4v) is 2.91. The lowest BCUT2D eigenvalue weighted by molar-refractivity contribution is -0.187. The topological polar surface area (TPSA) is 53.1 Å². The maximum absolute atomic E-state index is 12.7. The molecule has 0 spiro atoms. The lowest BCUT2D eigenvalue weighted by atomic mass is 9.94. The summed E-state index contributed by atoms with van der Waals surface area (Å²) in [6.45, 7) is 1.52. The molecule has 2 fully saturated rings. The fraction of sp³-hybridized carbons (Fsp3) is 0.917. The highest BCUT2D eigenvalue weighted by molar-refractivity contribution is 5.78. The Morgan fingerprint density at radius 2 is 2.06 bits per heavy atom. The van der Waals surface area contributed by atoms with Crippen LogP contribution in [0.3, 0.4) is 0 Å². The van der Waals surface area contributed by atoms with Crippen LogP contribution in [0.4, 0.5) is 13.2 Å². The molecule has 3 nitrogen and oxygen atoms in total. The minimum Gasteiger partial charge on any atom is -0.388 e. The minimum atomic E-state index is -4.07. The van der Waals surface area contributed by atoms with Gasteiger partial charge in [-0.05, 0) is 37.6 Å². The van der Waals surface area contributed by atoms with Crippen LogP contribution in [0, 0.1) is 16.7 Å². The third-order valence-corrected chi connectivity index (χ3v) is 4.05. The van der Waals surface area contributed by atoms with Crippen molar-refractivity contribution in [3.05, 3.63) is 0 Å². The number of nitrogens with two attached hydrogens (primary N) is 1. The second-order valence-electron chi connectivity index (χ2n) is 5.82. The molecule has 0 aromatic carbocycles. The van der Waals surface area contributed by atoms with Gasteiger partial charge in [-0.2, -0.15) is 13.2 Å². The van der Waals surface area contributed by atoms with E-state index in [9.17, 15) is 13.2 Å². The van der Waals surface area contributed by atoms with E-state index in [-0.39, 0.29) is 24.2 Å². The molecule has 1 saturated heterocycles. The largest absolute Gasteiger partial charge is 0.393 e. The molecule has 1 aliphatic heterocycles. The number of halogens is 3. The fourth-order valence-electron chi connectivity index (χ4n) is 2.91. The van der Waals surface area contributed by atoms with Gasteiger partial charge in [0.1, 0.15) is 0 Å². The number of hydrogen-bond donors (Lipinski definition) is 2. The van der Waals surface area contributed by atoms with Crippen molar-refractivity contribution in [2.24, 2.45) is 17.1 Å². The van der Waals surface area contributed by atoms with Crippen LogP contribution in [0.1, 0.15) is 32.1 Å². The molecule has 3 N–H and O–H groups in total. The Bertz CT molecular complexity index is 323. The van der Waals surface area contributed by atoms with E-state index in [4.69, 9.17) is 11.1 Å². The van der Waals surface area contributed by atoms with Crippen LogP contribution in [0.5, 0.6) is 0 Å². The summed E-state index contributed by atoms with van der Waals surface area (Å²) in [7, 11) is 0. The van der Waals surface area contributed by atoms with Crippen LogP contribution in [0.2, 0.25) is 0 Å². The maximum atomic E-state index is 12.7. The maximum Gasteiger partial charge on any atom is 0.393 e. The number of nitrogens with one attached hydrogen (secondary N) is 1. The van der Waals surface area contributed by atoms with Gasteiger partial charge in [-0.3, -0.25) is 5.41 Å². The number of piperidine rings is 1. The monoisotopic (exact) mass is 263 g/mol. The first-order valence-corrected chi connectivity index (χ1v) is 6.43. The van der Waals surface area contributed by atoms with Crippen molar-refractivity contribution in [1.82, 2.24) is 4.90 Å². The Morgan fingerprint density at radius 3 is 2.56 bits per heavy atom. The lowest BCUT2D eigenvalue weighted by Crippen LogP contribution is -2.44. The van der Waals surface area contributed by atoms with Gasteiger partial charge in [0.2, 0.25) is 0 Å². The molecule has 104 valence electrons. The van der Waals surface area contributed by atoms with E-state index in [2.05, 4.69) is 0 Å². The van der Waals surface area contributed by atoms with Crippen LogP contribution < -0.4 is 5.73 Å². The predicted molar refractivity (Wildman–Crippen MR) is 63.4 cm³/mol. The average molecular weight is 263 g/mol. The van der Waals surface area contributed by atoms with Gasteiger partial charge in [-0.1, -0.05) is 0 Å². The van der Waals surface area contributed by atoms with Gasteiger partial charge >= 0.3 is 6.18 Å². The van der Waals surface area contributed by atoms with Gasteiger partial charge in [0.05, 0.1) is 11.8 Å². The first-order valence-electron chi connectivity index (χ1n) is 6.43. The molecule has 1 unspecified atom stereocenters. The van der Waals surface area contributed by atoms with Crippen molar-refractivity contribution < 1.29 is 13.2 Å². The van der Waals surface area contributed by atoms with E-state index in [0.29, 0.717) is 19.4 Å². The van der Waals surface area contributed by atoms with E-state index in [0.717, 1.165) is 19.4 Å². The molecule has 6 heteroatoms. The first-order chi connectivity index (χ1) is 8.31. The van der Waals surface area contributed by atoms with Crippen molar-refractivity contribution >= 4 is 5.84 Å². The smallest absolute Gasteiger partial charge is 0.388 e. The van der Waals surface area contributed by atoms with Gasteiger partial charge in [-0.15, -0.1) is 0 Å². The van der Waals surface area contributed by atoms with E-state index >= 15 is 0 Å². The van der Waals surface area contributed by atoms with Crippen LogP contribution >= 0.6 is 0 Å². The minimum absolute atomic E-state index is 0.000673. The Morgan fingerprint density at radius 1 is 1.39 bits per heavy atom. The van der Waals surface area contributed by atoms with E-state index in [1.807, 2.05) is 4.90 Å². The zero-order valence-corrected chi connectivity index (χ0v) is 10.4. The summed E-state index contributed by atoms with van der Waals surface area (Å²) in [5.41, 5.74) is 5.40. The Hall–Kier alpha value is -0.780. The summed E-state index contributed by atoms with van der Waals surface area (Å²) in [6.07, 6.45) is -0.713. The molecule has 0 amide bonds. The molecule has 0 radical (unpaired) electrons. The van der Waals surface area contributed by atoms with Gasteiger partial charge in [-0.25, -0.2) is 0 Å². The van der Waals surface area contributed by atoms with Crippen molar-refractivity contribution in [2.75, 3.05) is 19.6 Å². The Balaban J connectivity index is 1.88. The standard InChI is InChI=1S/C12H20F3N3/c13-12(14,15)9-2-1-5-18(7-9)8-11(3-4-11)6-10(16)17/h9H,1-8H2,(H3,16,17). The number of rotatable bonds is 4. The van der Waals surface area contributed by atoms with Gasteiger partial charge in [0.25, 0.3) is 0 Å². The molecule has 2 aliphatic rings. The molecular weight excluding hydrogens is 243 g/mol. The van der Waals surface area contributed by atoms with Crippen LogP contribution in [0.15, 0.2) is 0 Å². The zero-order valence-electron chi connectivity index (χ0n) is 10.4. The summed E-state index contributed by atoms with van der Waals surface area (Å²) in [5, 5.41) is 7.33. The molecule has 1 saturated carbocycles. The molecule has 1 heterocycles. The van der Waals surface area contributed by atoms with Crippen LogP contribution in [0.25, 0.3) is 0 Å². The zero-order chi connectivity index (χ0) is 13.4. The van der Waals surface area contributed by atoms with Gasteiger partial charge in [0, 0.05) is 19.5 Å². The molecule has 1 aliphatic carbocycles. The molecule has 0 aromatic rings. The molecular formula is C12H20F3N3. The highest BCUT2D eigenvalue weighted by atomic mass is 19.4. The summed E-state index contributed by atoms with van der Waals surface area (Å²) < 4.78 is 38.1. The highest BCUT2D eigenvalue weighted by Crippen LogP contribution is 2.50.